The fourth-order valence-corrected chi connectivity index (χ4v) is 5.02. The van der Waals surface area contributed by atoms with Crippen LogP contribution < -0.4 is 25.3 Å². The van der Waals surface area contributed by atoms with Crippen LogP contribution in [-0.4, -0.2) is 32.1 Å². The zero-order valence-electron chi connectivity index (χ0n) is 19.1. The van der Waals surface area contributed by atoms with Gasteiger partial charge in [-0.25, -0.2) is 4.79 Å². The number of rotatable bonds is 5. The molecule has 0 saturated heterocycles. The van der Waals surface area contributed by atoms with Gasteiger partial charge in [-0.05, 0) is 49.4 Å². The Morgan fingerprint density at radius 3 is 2.45 bits per heavy atom. The number of benzene rings is 2. The lowest BCUT2D eigenvalue weighted by molar-refractivity contribution is 0.345. The van der Waals surface area contributed by atoms with Crippen molar-refractivity contribution in [1.29, 1.82) is 0 Å². The molecule has 1 atom stereocenters. The maximum atomic E-state index is 12.3. The molecule has 2 aromatic carbocycles. The first-order chi connectivity index (χ1) is 16.0. The van der Waals surface area contributed by atoms with Crippen molar-refractivity contribution in [3.8, 4) is 23.0 Å². The monoisotopic (exact) mass is 450 g/mol. The highest BCUT2D eigenvalue weighted by Crippen LogP contribution is 2.42. The van der Waals surface area contributed by atoms with Crippen molar-refractivity contribution < 1.29 is 23.7 Å². The highest BCUT2D eigenvalue weighted by atomic mass is 16.5. The molecule has 1 aliphatic carbocycles. The van der Waals surface area contributed by atoms with Gasteiger partial charge in [0.25, 0.3) is 0 Å². The smallest absolute Gasteiger partial charge is 0.339 e. The second kappa shape index (κ2) is 8.03. The molecule has 0 unspecified atom stereocenters. The Bertz CT molecular complexity index is 1360. The van der Waals surface area contributed by atoms with Gasteiger partial charge < -0.3 is 29.2 Å². The Kier molecular flexibility index (Phi) is 5.15. The fraction of sp³-hybridized carbons (Fsp3) is 0.360. The summed E-state index contributed by atoms with van der Waals surface area (Å²) >= 11 is 0. The Balaban J connectivity index is 1.56. The van der Waals surface area contributed by atoms with Crippen LogP contribution in [0.2, 0.25) is 0 Å². The number of aryl methyl sites for hydroxylation is 2. The second-order valence-electron chi connectivity index (χ2n) is 8.38. The first-order valence-electron chi connectivity index (χ1n) is 10.9. The number of hydrogen-bond acceptors (Lipinski definition) is 8. The molecule has 0 bridgehead atoms. The molecule has 2 aliphatic rings. The van der Waals surface area contributed by atoms with E-state index in [2.05, 4.69) is 10.5 Å². The minimum atomic E-state index is -0.304. The van der Waals surface area contributed by atoms with E-state index in [0.29, 0.717) is 52.2 Å². The number of phenolic OH excluding ortho intramolecular Hbond substituents is 1. The molecule has 0 saturated carbocycles. The van der Waals surface area contributed by atoms with Crippen LogP contribution in [0.25, 0.3) is 11.0 Å². The number of methoxy groups -OCH3 is 3. The van der Waals surface area contributed by atoms with E-state index in [0.717, 1.165) is 35.2 Å². The van der Waals surface area contributed by atoms with Gasteiger partial charge in [0.15, 0.2) is 11.5 Å². The summed E-state index contributed by atoms with van der Waals surface area (Å²) in [6.07, 6.45) is 2.85. The molecule has 1 aromatic heterocycles. The molecule has 0 radical (unpaired) electrons. The Hall–Kier alpha value is -3.68. The van der Waals surface area contributed by atoms with Crippen molar-refractivity contribution >= 4 is 16.7 Å². The number of hydrazone groups is 1. The number of ether oxygens (including phenoxy) is 3. The van der Waals surface area contributed by atoms with Crippen LogP contribution in [0, 0.1) is 6.92 Å². The third kappa shape index (κ3) is 3.28. The van der Waals surface area contributed by atoms with Gasteiger partial charge in [0.1, 0.15) is 17.1 Å². The van der Waals surface area contributed by atoms with Crippen LogP contribution in [0.3, 0.4) is 0 Å². The predicted molar refractivity (Wildman–Crippen MR) is 124 cm³/mol. The number of nitrogens with zero attached hydrogens (tertiary/aromatic N) is 1. The molecule has 8 heteroatoms. The van der Waals surface area contributed by atoms with Crippen molar-refractivity contribution in [2.45, 2.75) is 38.6 Å². The fourth-order valence-electron chi connectivity index (χ4n) is 5.02. The lowest BCUT2D eigenvalue weighted by Gasteiger charge is -2.18. The number of phenols is 1. The van der Waals surface area contributed by atoms with E-state index in [1.807, 2.05) is 19.1 Å². The normalized spacial score (nSPS) is 17.0. The maximum absolute atomic E-state index is 12.3. The SMILES string of the molecule is COc1cc(OC)c([C@@H]2CC(c3c(C)cc4oc(=O)c5c(c4c3O)CCC5)=NN2)cc1OC. The topological polar surface area (TPSA) is 103 Å². The highest BCUT2D eigenvalue weighted by Gasteiger charge is 2.30. The highest BCUT2D eigenvalue weighted by molar-refractivity contribution is 6.09. The van der Waals surface area contributed by atoms with E-state index in [-0.39, 0.29) is 17.4 Å². The van der Waals surface area contributed by atoms with Crippen LogP contribution in [0.5, 0.6) is 23.0 Å². The molecule has 1 aliphatic heterocycles. The summed E-state index contributed by atoms with van der Waals surface area (Å²) in [6, 6.07) is 5.31. The van der Waals surface area contributed by atoms with Gasteiger partial charge in [-0.15, -0.1) is 0 Å². The minimum Gasteiger partial charge on any atom is -0.506 e. The first kappa shape index (κ1) is 21.2. The number of hydrogen-bond donors (Lipinski definition) is 2. The van der Waals surface area contributed by atoms with E-state index >= 15 is 0 Å². The number of fused-ring (bicyclic) bond motifs is 3. The summed E-state index contributed by atoms with van der Waals surface area (Å²) < 4.78 is 22.0. The van der Waals surface area contributed by atoms with Crippen LogP contribution >= 0.6 is 0 Å². The molecular weight excluding hydrogens is 424 g/mol. The average Bonchev–Trinajstić information content (AvgIpc) is 3.48. The van der Waals surface area contributed by atoms with Crippen molar-refractivity contribution in [3.63, 3.8) is 0 Å². The van der Waals surface area contributed by atoms with Gasteiger partial charge in [0.2, 0.25) is 0 Å². The molecule has 3 aromatic rings. The van der Waals surface area contributed by atoms with Gasteiger partial charge in [-0.1, -0.05) is 0 Å². The van der Waals surface area contributed by atoms with Crippen molar-refractivity contribution in [2.24, 2.45) is 5.10 Å². The second-order valence-corrected chi connectivity index (χ2v) is 8.38. The van der Waals surface area contributed by atoms with Crippen LogP contribution in [0.4, 0.5) is 0 Å². The Morgan fingerprint density at radius 1 is 1.03 bits per heavy atom. The largest absolute Gasteiger partial charge is 0.506 e. The zero-order chi connectivity index (χ0) is 23.3. The summed E-state index contributed by atoms with van der Waals surface area (Å²) in [7, 11) is 4.77. The molecule has 0 fully saturated rings. The van der Waals surface area contributed by atoms with Gasteiger partial charge >= 0.3 is 5.63 Å². The molecule has 5 rings (SSSR count). The Labute approximate surface area is 190 Å². The lowest BCUT2D eigenvalue weighted by atomic mass is 9.92. The maximum Gasteiger partial charge on any atom is 0.339 e. The van der Waals surface area contributed by atoms with Crippen molar-refractivity contribution in [2.75, 3.05) is 21.3 Å². The molecule has 33 heavy (non-hydrogen) atoms. The third-order valence-corrected chi connectivity index (χ3v) is 6.58. The van der Waals surface area contributed by atoms with Crippen molar-refractivity contribution in [3.05, 3.63) is 56.4 Å². The van der Waals surface area contributed by atoms with E-state index in [4.69, 9.17) is 18.6 Å². The quantitative estimate of drug-likeness (QED) is 0.571. The molecule has 2 N–H and O–H groups in total. The Morgan fingerprint density at radius 2 is 1.73 bits per heavy atom. The van der Waals surface area contributed by atoms with Gasteiger partial charge in [-0.3, -0.25) is 0 Å². The van der Waals surface area contributed by atoms with E-state index in [9.17, 15) is 9.90 Å². The molecule has 0 spiro atoms. The summed E-state index contributed by atoms with van der Waals surface area (Å²) in [5.41, 5.74) is 7.92. The van der Waals surface area contributed by atoms with Gasteiger partial charge in [0.05, 0.1) is 38.5 Å². The summed E-state index contributed by atoms with van der Waals surface area (Å²) in [5.74, 6) is 1.95. The predicted octanol–water partition coefficient (Wildman–Crippen LogP) is 3.76. The molecule has 2 heterocycles. The first-order valence-corrected chi connectivity index (χ1v) is 10.9. The molecule has 0 amide bonds. The van der Waals surface area contributed by atoms with Gasteiger partial charge in [0, 0.05) is 29.2 Å². The summed E-state index contributed by atoms with van der Waals surface area (Å²) in [6.45, 7) is 1.88. The van der Waals surface area contributed by atoms with Crippen LogP contribution in [0.15, 0.2) is 32.5 Å². The minimum absolute atomic E-state index is 0.118. The number of nitrogens with one attached hydrogen (secondary N) is 1. The summed E-state index contributed by atoms with van der Waals surface area (Å²) in [4.78, 5) is 12.3. The standard InChI is InChI=1S/C25H26N2O6/c1-12-8-21-23(13-6-5-7-14(13)25(29)33-21)24(28)22(12)17-10-16(26-27-17)15-9-19(31-3)20(32-4)11-18(15)30-2/h8-9,11,16,26,28H,5-7,10H2,1-4H3/t16-/m0/s1. The lowest BCUT2D eigenvalue weighted by Crippen LogP contribution is -2.12. The average molecular weight is 450 g/mol. The zero-order valence-corrected chi connectivity index (χ0v) is 19.1. The van der Waals surface area contributed by atoms with Gasteiger partial charge in [-0.2, -0.15) is 5.10 Å². The van der Waals surface area contributed by atoms with Crippen molar-refractivity contribution in [1.82, 2.24) is 5.43 Å². The van der Waals surface area contributed by atoms with E-state index in [1.165, 1.54) is 0 Å². The molecule has 172 valence electrons. The summed E-state index contributed by atoms with van der Waals surface area (Å²) in [5, 5.41) is 16.5. The van der Waals surface area contributed by atoms with E-state index < -0.39 is 0 Å². The molecule has 8 nitrogen and oxygen atoms in total. The third-order valence-electron chi connectivity index (χ3n) is 6.58. The van der Waals surface area contributed by atoms with Crippen LogP contribution in [-0.2, 0) is 12.8 Å². The van der Waals surface area contributed by atoms with E-state index in [1.54, 1.807) is 27.4 Å². The van der Waals surface area contributed by atoms with Crippen LogP contribution in [0.1, 0.15) is 46.7 Å². The number of aromatic hydroxyl groups is 1. The molecular formula is C25H26N2O6.